The predicted molar refractivity (Wildman–Crippen MR) is 390 cm³/mol. The summed E-state index contributed by atoms with van der Waals surface area (Å²) in [5.74, 6) is -1.13. The van der Waals surface area contributed by atoms with Gasteiger partial charge < -0.3 is 65.8 Å². The van der Waals surface area contributed by atoms with Crippen LogP contribution in [0.4, 0.5) is 5.13 Å². The van der Waals surface area contributed by atoms with Crippen molar-refractivity contribution in [3.63, 3.8) is 0 Å². The summed E-state index contributed by atoms with van der Waals surface area (Å²) >= 11 is 4.14. The standard InChI is InChI=1S/C80H74N6O13S3.ClH/c1-91-44-46-93-54-95-67-39-38-56(48-68(67)96-55-94-47-45-92-2)50-97-84-70(66-53-102-79(81-66)83-80(62-32-18-7-19-33-62,63-34-20-8-21-35-63)64-36-22-9-23-37-64)75(88)82-71-76(89)86-72(78(90)99-74(59-28-14-5-15-29-59)60-30-16-6-17-31-60)61(52-101-77(71)86)51-100-65-40-42-85(43-41-65)49-69(87)98-73(57-24-10-3-11-25-57)58-26-12-4-13-27-58;/h3-43,48,53,71,73-74,77H,44-47,49-52,54-55H2,1-2H3,(H-,81,82,83,88);1H/t71?,77-;/m0./s1. The lowest BCUT2D eigenvalue weighted by molar-refractivity contribution is -0.686. The topological polar surface area (TPSA) is 208 Å². The number of β-lactam (4-membered cyclic amide) rings is 1. The summed E-state index contributed by atoms with van der Waals surface area (Å²) in [6, 6.07) is 76.1. The van der Waals surface area contributed by atoms with Gasteiger partial charge in [0.25, 0.3) is 11.8 Å². The largest absolute Gasteiger partial charge is 1.00 e. The molecule has 4 heterocycles. The van der Waals surface area contributed by atoms with Gasteiger partial charge in [-0.05, 0) is 62.2 Å². The number of thioether (sulfide) groups is 2. The average Bonchev–Trinajstić information content (AvgIpc) is 1.22. The number of carbonyl (C=O) groups is 4. The Hall–Kier alpha value is -10.1. The lowest BCUT2D eigenvalue weighted by Crippen LogP contribution is -3.00. The third kappa shape index (κ3) is 18.8. The number of oxime groups is 1. The van der Waals surface area contributed by atoms with E-state index in [2.05, 4.69) is 52.2 Å². The Kier molecular flexibility index (Phi) is 26.7. The Bertz CT molecular complexity index is 4270. The van der Waals surface area contributed by atoms with Crippen LogP contribution < -0.4 is 37.1 Å². The molecule has 8 aromatic carbocycles. The van der Waals surface area contributed by atoms with E-state index in [-0.39, 0.29) is 62.0 Å². The molecule has 1 fully saturated rings. The number of thiazole rings is 1. The predicted octanol–water partition coefficient (Wildman–Crippen LogP) is 9.87. The van der Waals surface area contributed by atoms with Crippen molar-refractivity contribution in [2.45, 2.75) is 47.2 Å². The van der Waals surface area contributed by atoms with E-state index in [9.17, 15) is 4.79 Å². The van der Waals surface area contributed by atoms with Gasteiger partial charge in [0.2, 0.25) is 6.54 Å². The molecule has 2 aromatic heterocycles. The third-order valence-electron chi connectivity index (χ3n) is 16.7. The highest BCUT2D eigenvalue weighted by Crippen LogP contribution is 2.44. The Morgan fingerprint density at radius 3 is 1.64 bits per heavy atom. The average molecular weight is 1460 g/mol. The van der Waals surface area contributed by atoms with Gasteiger partial charge >= 0.3 is 11.9 Å². The Morgan fingerprint density at radius 1 is 0.631 bits per heavy atom. The number of nitrogens with zero attached hydrogens (tertiary/aromatic N) is 4. The van der Waals surface area contributed by atoms with E-state index >= 15 is 14.4 Å². The Morgan fingerprint density at radius 2 is 1.13 bits per heavy atom. The first-order valence-electron chi connectivity index (χ1n) is 33.0. The molecule has 10 aromatic rings. The number of rotatable bonds is 35. The van der Waals surface area contributed by atoms with Crippen LogP contribution in [0.15, 0.2) is 282 Å². The number of carbonyl (C=O) groups excluding carboxylic acids is 4. The van der Waals surface area contributed by atoms with Gasteiger partial charge in [-0.2, -0.15) is 4.57 Å². The number of fused-ring (bicyclic) bond motifs is 1. The first-order chi connectivity index (χ1) is 50.2. The van der Waals surface area contributed by atoms with Gasteiger partial charge in [0.05, 0.1) is 26.4 Å². The summed E-state index contributed by atoms with van der Waals surface area (Å²) in [7, 11) is 3.16. The number of aromatic nitrogens is 2. The van der Waals surface area contributed by atoms with Gasteiger partial charge in [-0.25, -0.2) is 14.6 Å². The molecule has 2 amide bonds. The van der Waals surface area contributed by atoms with Crippen LogP contribution in [-0.4, -0.2) is 117 Å². The number of pyridine rings is 1. The SMILES string of the molecule is COCCOCOc1ccc(CON=C(C(=O)NC2C(=O)N3C(C(=O)OC(c4ccccc4)c4ccccc4)=C(CSc4cc[n+](CC(=O)OC(c5ccccc5)c5ccccc5)cc4)CS[C@@H]23)c2csc(NC(c3ccccc3)(c3ccccc3)c3ccccc3)n2)cc1OCOCCOC.[Cl-]. The molecular formula is C80H75ClN6O13S3. The maximum Gasteiger partial charge on any atom is 0.373 e. The fourth-order valence-electron chi connectivity index (χ4n) is 11.7. The number of benzene rings is 8. The van der Waals surface area contributed by atoms with Crippen molar-refractivity contribution in [1.82, 2.24) is 15.2 Å². The molecule has 2 aliphatic rings. The van der Waals surface area contributed by atoms with Gasteiger partial charge in [-0.1, -0.05) is 224 Å². The fourth-order valence-corrected chi connectivity index (χ4v) is 14.8. The molecule has 12 rings (SSSR count). The molecule has 23 heteroatoms. The number of ether oxygens (including phenoxy) is 8. The van der Waals surface area contributed by atoms with Crippen molar-refractivity contribution in [1.29, 1.82) is 0 Å². The maximum atomic E-state index is 15.3. The first-order valence-corrected chi connectivity index (χ1v) is 35.9. The molecule has 0 spiro atoms. The van der Waals surface area contributed by atoms with Crippen molar-refractivity contribution in [2.75, 3.05) is 71.1 Å². The van der Waals surface area contributed by atoms with E-state index in [0.29, 0.717) is 59.9 Å². The zero-order valence-electron chi connectivity index (χ0n) is 56.4. The molecule has 0 aliphatic carbocycles. The molecule has 0 bridgehead atoms. The summed E-state index contributed by atoms with van der Waals surface area (Å²) in [5, 5.41) is 12.7. The molecule has 1 unspecified atom stereocenters. The molecule has 19 nitrogen and oxygen atoms in total. The van der Waals surface area contributed by atoms with Crippen LogP contribution in [0.2, 0.25) is 0 Å². The number of halogens is 1. The summed E-state index contributed by atoms with van der Waals surface area (Å²) in [4.78, 5) is 72.7. The highest BCUT2D eigenvalue weighted by molar-refractivity contribution is 8.01. The molecular weight excluding hydrogens is 1380 g/mol. The van der Waals surface area contributed by atoms with Crippen molar-refractivity contribution in [2.24, 2.45) is 5.16 Å². The smallest absolute Gasteiger partial charge is 0.373 e. The molecule has 528 valence electrons. The number of nitrogens with one attached hydrogen (secondary N) is 2. The minimum absolute atomic E-state index is 0. The van der Waals surface area contributed by atoms with Crippen molar-refractivity contribution >= 4 is 69.5 Å². The summed E-state index contributed by atoms with van der Waals surface area (Å²) in [6.45, 7) is 0.973. The van der Waals surface area contributed by atoms with Crippen molar-refractivity contribution < 1.29 is 78.9 Å². The summed E-state index contributed by atoms with van der Waals surface area (Å²) < 4.78 is 47.8. The van der Waals surface area contributed by atoms with Crippen molar-refractivity contribution in [3.05, 3.63) is 322 Å². The molecule has 103 heavy (non-hydrogen) atoms. The van der Waals surface area contributed by atoms with Gasteiger partial charge in [-0.15, -0.1) is 34.9 Å². The van der Waals surface area contributed by atoms with Gasteiger partial charge in [0.15, 0.2) is 60.5 Å². The quantitative estimate of drug-likeness (QED) is 0.00436. The lowest BCUT2D eigenvalue weighted by Gasteiger charge is -2.49. The third-order valence-corrected chi connectivity index (χ3v) is 19.9. The Labute approximate surface area is 616 Å². The molecule has 2 atom stereocenters. The highest BCUT2D eigenvalue weighted by atomic mass is 35.5. The van der Waals surface area contributed by atoms with Crippen LogP contribution >= 0.6 is 34.9 Å². The Balaban J connectivity index is 0.0000106. The van der Waals surface area contributed by atoms with E-state index in [1.165, 1.54) is 39.8 Å². The highest BCUT2D eigenvalue weighted by Gasteiger charge is 2.55. The van der Waals surface area contributed by atoms with E-state index in [1.807, 2.05) is 188 Å². The second kappa shape index (κ2) is 37.2. The second-order valence-electron chi connectivity index (χ2n) is 23.4. The molecule has 2 N–H and O–H groups in total. The van der Waals surface area contributed by atoms with Gasteiger partial charge in [0.1, 0.15) is 35.0 Å². The number of methoxy groups -OCH3 is 2. The maximum absolute atomic E-state index is 15.3. The van der Waals surface area contributed by atoms with Crippen molar-refractivity contribution in [3.8, 4) is 11.5 Å². The number of hydrogen-bond acceptors (Lipinski definition) is 19. The lowest BCUT2D eigenvalue weighted by atomic mass is 9.77. The first kappa shape index (κ1) is 74.1. The summed E-state index contributed by atoms with van der Waals surface area (Å²) in [5.41, 5.74) is 6.26. The number of amides is 2. The second-order valence-corrected chi connectivity index (χ2v) is 26.4. The zero-order valence-corrected chi connectivity index (χ0v) is 59.6. The number of esters is 2. The van der Waals surface area contributed by atoms with Crippen LogP contribution in [-0.2, 0) is 71.1 Å². The molecule has 0 saturated carbocycles. The number of hydrogen-bond donors (Lipinski definition) is 2. The van der Waals surface area contributed by atoms with E-state index in [0.717, 1.165) is 43.8 Å². The van der Waals surface area contributed by atoms with Gasteiger partial charge in [0, 0.05) is 48.1 Å². The fraction of sp³-hybridized carbons (Fsp3) is 0.212. The zero-order chi connectivity index (χ0) is 70.3. The van der Waals surface area contributed by atoms with Crippen LogP contribution in [0.25, 0.3) is 0 Å². The molecule has 2 aliphatic heterocycles. The van der Waals surface area contributed by atoms with Crippen LogP contribution in [0.1, 0.15) is 62.4 Å². The van der Waals surface area contributed by atoms with E-state index < -0.39 is 52.9 Å². The summed E-state index contributed by atoms with van der Waals surface area (Å²) in [6.07, 6.45) is 2.19. The van der Waals surface area contributed by atoms with E-state index in [4.69, 9.17) is 47.7 Å². The van der Waals surface area contributed by atoms with E-state index in [1.54, 1.807) is 54.8 Å². The van der Waals surface area contributed by atoms with Crippen LogP contribution in [0, 0.1) is 0 Å². The molecule has 0 radical (unpaired) electrons. The van der Waals surface area contributed by atoms with Gasteiger partial charge in [-0.3, -0.25) is 14.5 Å². The van der Waals surface area contributed by atoms with Crippen LogP contribution in [0.3, 0.4) is 0 Å². The normalized spacial score (nSPS) is 14.2. The number of anilines is 1. The molecule has 1 saturated heterocycles. The monoisotopic (exact) mass is 1460 g/mol. The van der Waals surface area contributed by atoms with Crippen LogP contribution in [0.5, 0.6) is 11.5 Å². The minimum Gasteiger partial charge on any atom is -1.00 e. The minimum atomic E-state index is -1.13.